The van der Waals surface area contributed by atoms with E-state index in [9.17, 15) is 9.59 Å². The zero-order chi connectivity index (χ0) is 11.7. The van der Waals surface area contributed by atoms with Crippen LogP contribution >= 0.6 is 0 Å². The Morgan fingerprint density at radius 1 is 1.33 bits per heavy atom. The molecule has 1 amide bonds. The Morgan fingerprint density at radius 3 is 2.47 bits per heavy atom. The van der Waals surface area contributed by atoms with E-state index in [0.29, 0.717) is 6.42 Å². The fourth-order valence-corrected chi connectivity index (χ4v) is 0.785. The SMILES string of the molecule is C=CCCC(=O)N(CC=C)OC(=O)OC. The highest BCUT2D eigenvalue weighted by Gasteiger charge is 2.16. The number of methoxy groups -OCH3 is 1. The Labute approximate surface area is 88.9 Å². The van der Waals surface area contributed by atoms with Gasteiger partial charge in [-0.25, -0.2) is 4.79 Å². The predicted octanol–water partition coefficient (Wildman–Crippen LogP) is 1.67. The average molecular weight is 213 g/mol. The van der Waals surface area contributed by atoms with Gasteiger partial charge in [0, 0.05) is 6.42 Å². The zero-order valence-electron chi connectivity index (χ0n) is 8.77. The first-order valence-electron chi connectivity index (χ1n) is 4.43. The van der Waals surface area contributed by atoms with E-state index in [-0.39, 0.29) is 18.9 Å². The van der Waals surface area contributed by atoms with Crippen molar-refractivity contribution >= 4 is 12.1 Å². The second-order valence-corrected chi connectivity index (χ2v) is 2.62. The van der Waals surface area contributed by atoms with E-state index in [4.69, 9.17) is 0 Å². The summed E-state index contributed by atoms with van der Waals surface area (Å²) in [5.41, 5.74) is 0. The lowest BCUT2D eigenvalue weighted by Crippen LogP contribution is -2.33. The Bertz CT molecular complexity index is 250. The van der Waals surface area contributed by atoms with Crippen molar-refractivity contribution in [3.05, 3.63) is 25.3 Å². The van der Waals surface area contributed by atoms with Gasteiger partial charge < -0.3 is 9.57 Å². The Morgan fingerprint density at radius 2 is 2.00 bits per heavy atom. The highest BCUT2D eigenvalue weighted by atomic mass is 16.8. The van der Waals surface area contributed by atoms with E-state index >= 15 is 0 Å². The number of carbonyl (C=O) groups is 2. The summed E-state index contributed by atoms with van der Waals surface area (Å²) < 4.78 is 4.27. The molecule has 0 aliphatic carbocycles. The minimum atomic E-state index is -0.927. The molecule has 0 aliphatic heterocycles. The van der Waals surface area contributed by atoms with E-state index in [1.807, 2.05) is 0 Å². The first kappa shape index (κ1) is 13.2. The molecule has 0 N–H and O–H groups in total. The molecular formula is C10H15NO4. The van der Waals surface area contributed by atoms with Crippen molar-refractivity contribution in [2.45, 2.75) is 12.8 Å². The van der Waals surface area contributed by atoms with Crippen molar-refractivity contribution in [2.24, 2.45) is 0 Å². The third-order valence-corrected chi connectivity index (χ3v) is 1.49. The maximum Gasteiger partial charge on any atom is 0.533 e. The topological polar surface area (TPSA) is 55.8 Å². The molecule has 0 spiro atoms. The number of hydrogen-bond acceptors (Lipinski definition) is 4. The van der Waals surface area contributed by atoms with E-state index in [2.05, 4.69) is 22.7 Å². The summed E-state index contributed by atoms with van der Waals surface area (Å²) in [4.78, 5) is 26.8. The lowest BCUT2D eigenvalue weighted by Gasteiger charge is -2.18. The van der Waals surface area contributed by atoms with Crippen molar-refractivity contribution in [1.82, 2.24) is 5.06 Å². The van der Waals surface area contributed by atoms with Gasteiger partial charge in [-0.05, 0) is 6.42 Å². The number of allylic oxidation sites excluding steroid dienone is 1. The molecule has 0 aliphatic rings. The molecule has 5 nitrogen and oxygen atoms in total. The molecule has 0 bridgehead atoms. The molecule has 0 atom stereocenters. The molecule has 5 heteroatoms. The summed E-state index contributed by atoms with van der Waals surface area (Å²) in [5, 5.41) is 0.905. The lowest BCUT2D eigenvalue weighted by molar-refractivity contribution is -0.169. The predicted molar refractivity (Wildman–Crippen MR) is 54.8 cm³/mol. The summed E-state index contributed by atoms with van der Waals surface area (Å²) in [6.07, 6.45) is 2.89. The van der Waals surface area contributed by atoms with Gasteiger partial charge in [0.15, 0.2) is 0 Å². The third kappa shape index (κ3) is 5.51. The highest BCUT2D eigenvalue weighted by Crippen LogP contribution is 2.01. The van der Waals surface area contributed by atoms with Crippen LogP contribution in [0.15, 0.2) is 25.3 Å². The summed E-state index contributed by atoms with van der Waals surface area (Å²) >= 11 is 0. The van der Waals surface area contributed by atoms with Crippen LogP contribution in [-0.4, -0.2) is 30.8 Å². The molecule has 0 radical (unpaired) electrons. The van der Waals surface area contributed by atoms with Crippen molar-refractivity contribution in [3.8, 4) is 0 Å². The normalized spacial score (nSPS) is 8.87. The molecule has 0 aromatic rings. The summed E-state index contributed by atoms with van der Waals surface area (Å²) in [5.74, 6) is -0.319. The molecule has 0 rings (SSSR count). The van der Waals surface area contributed by atoms with Crippen LogP contribution in [0, 0.1) is 0 Å². The Balaban J connectivity index is 4.23. The van der Waals surface area contributed by atoms with Crippen LogP contribution in [0.2, 0.25) is 0 Å². The molecule has 0 saturated carbocycles. The van der Waals surface area contributed by atoms with Gasteiger partial charge in [-0.3, -0.25) is 4.79 Å². The monoisotopic (exact) mass is 213 g/mol. The van der Waals surface area contributed by atoms with E-state index < -0.39 is 6.16 Å². The molecule has 0 heterocycles. The van der Waals surface area contributed by atoms with Crippen LogP contribution in [0.4, 0.5) is 4.79 Å². The number of ether oxygens (including phenoxy) is 1. The standard InChI is InChI=1S/C10H15NO4/c1-4-6-7-9(12)11(8-5-2)15-10(13)14-3/h4-5H,1-2,6-8H2,3H3. The van der Waals surface area contributed by atoms with Crippen molar-refractivity contribution in [3.63, 3.8) is 0 Å². The number of amides is 1. The van der Waals surface area contributed by atoms with Gasteiger partial charge in [0.05, 0.1) is 13.7 Å². The zero-order valence-corrected chi connectivity index (χ0v) is 8.77. The molecule has 0 unspecified atom stereocenters. The number of hydroxylamine groups is 2. The fraction of sp³-hybridized carbons (Fsp3) is 0.400. The minimum Gasteiger partial charge on any atom is -0.436 e. The summed E-state index contributed by atoms with van der Waals surface area (Å²) in [6, 6.07) is 0. The minimum absolute atomic E-state index is 0.130. The van der Waals surface area contributed by atoms with Crippen LogP contribution in [-0.2, 0) is 14.4 Å². The Kier molecular flexibility index (Phi) is 6.70. The van der Waals surface area contributed by atoms with Crippen LogP contribution in [0.3, 0.4) is 0 Å². The summed E-state index contributed by atoms with van der Waals surface area (Å²) in [6.45, 7) is 7.07. The first-order valence-corrected chi connectivity index (χ1v) is 4.43. The molecule has 0 aromatic carbocycles. The van der Waals surface area contributed by atoms with Crippen LogP contribution in [0.25, 0.3) is 0 Å². The van der Waals surface area contributed by atoms with Crippen LogP contribution < -0.4 is 0 Å². The van der Waals surface area contributed by atoms with E-state index in [1.165, 1.54) is 13.2 Å². The van der Waals surface area contributed by atoms with Crippen molar-refractivity contribution in [1.29, 1.82) is 0 Å². The molecular weight excluding hydrogens is 198 g/mol. The van der Waals surface area contributed by atoms with Crippen LogP contribution in [0.1, 0.15) is 12.8 Å². The Hall–Kier alpha value is -1.78. The molecule has 0 saturated heterocycles. The third-order valence-electron chi connectivity index (χ3n) is 1.49. The molecule has 0 fully saturated rings. The van der Waals surface area contributed by atoms with Gasteiger partial charge in [0.1, 0.15) is 0 Å². The van der Waals surface area contributed by atoms with Crippen molar-refractivity contribution in [2.75, 3.05) is 13.7 Å². The number of hydrogen-bond donors (Lipinski definition) is 0. The highest BCUT2D eigenvalue weighted by molar-refractivity contribution is 5.76. The van der Waals surface area contributed by atoms with Gasteiger partial charge in [0.2, 0.25) is 0 Å². The second kappa shape index (κ2) is 7.61. The van der Waals surface area contributed by atoms with E-state index in [0.717, 1.165) is 5.06 Å². The molecule has 0 aromatic heterocycles. The van der Waals surface area contributed by atoms with Gasteiger partial charge >= 0.3 is 6.16 Å². The van der Waals surface area contributed by atoms with E-state index in [1.54, 1.807) is 6.08 Å². The first-order chi connectivity index (χ1) is 7.15. The lowest BCUT2D eigenvalue weighted by atomic mass is 10.3. The maximum atomic E-state index is 11.4. The molecule has 15 heavy (non-hydrogen) atoms. The number of carbonyl (C=O) groups excluding carboxylic acids is 2. The maximum absolute atomic E-state index is 11.4. The largest absolute Gasteiger partial charge is 0.533 e. The molecule has 84 valence electrons. The van der Waals surface area contributed by atoms with Gasteiger partial charge in [-0.15, -0.1) is 13.2 Å². The van der Waals surface area contributed by atoms with Gasteiger partial charge in [-0.2, -0.15) is 5.06 Å². The van der Waals surface area contributed by atoms with Gasteiger partial charge in [-0.1, -0.05) is 12.2 Å². The van der Waals surface area contributed by atoms with Crippen molar-refractivity contribution < 1.29 is 19.2 Å². The number of nitrogens with zero attached hydrogens (tertiary/aromatic N) is 1. The summed E-state index contributed by atoms with van der Waals surface area (Å²) in [7, 11) is 1.17. The number of rotatable bonds is 5. The fourth-order valence-electron chi connectivity index (χ4n) is 0.785. The smallest absolute Gasteiger partial charge is 0.436 e. The van der Waals surface area contributed by atoms with Gasteiger partial charge in [0.25, 0.3) is 5.91 Å². The van der Waals surface area contributed by atoms with Crippen LogP contribution in [0.5, 0.6) is 0 Å². The quantitative estimate of drug-likeness (QED) is 0.396. The second-order valence-electron chi connectivity index (χ2n) is 2.62. The average Bonchev–Trinajstić information content (AvgIpc) is 2.24.